The van der Waals surface area contributed by atoms with Gasteiger partial charge in [-0.05, 0) is 60.5 Å². The van der Waals surface area contributed by atoms with Crippen molar-refractivity contribution < 1.29 is 33.3 Å². The van der Waals surface area contributed by atoms with Crippen LogP contribution in [0.5, 0.6) is 23.0 Å². The van der Waals surface area contributed by atoms with Crippen molar-refractivity contribution in [3.05, 3.63) is 83.4 Å². The van der Waals surface area contributed by atoms with Gasteiger partial charge in [-0.2, -0.15) is 5.10 Å². The van der Waals surface area contributed by atoms with Crippen LogP contribution in [0, 0.1) is 0 Å². The summed E-state index contributed by atoms with van der Waals surface area (Å²) in [6, 6.07) is 18.4. The quantitative estimate of drug-likeness (QED) is 0.123. The molecule has 0 spiro atoms. The van der Waals surface area contributed by atoms with E-state index >= 15 is 0 Å². The molecule has 38 heavy (non-hydrogen) atoms. The highest BCUT2D eigenvalue weighted by Crippen LogP contribution is 2.31. The highest BCUT2D eigenvalue weighted by atomic mass is 16.6. The molecule has 2 amide bonds. The summed E-state index contributed by atoms with van der Waals surface area (Å²) in [5.74, 6) is 0.345. The number of methoxy groups -OCH3 is 3. The third-order valence-electron chi connectivity index (χ3n) is 5.31. The zero-order chi connectivity index (χ0) is 27.3. The first-order chi connectivity index (χ1) is 18.4. The summed E-state index contributed by atoms with van der Waals surface area (Å²) in [5.41, 5.74) is 3.90. The number of nitrogens with one attached hydrogen (secondary N) is 2. The van der Waals surface area contributed by atoms with Crippen LogP contribution < -0.4 is 29.7 Å². The van der Waals surface area contributed by atoms with Gasteiger partial charge in [0.2, 0.25) is 5.91 Å². The van der Waals surface area contributed by atoms with E-state index in [4.69, 9.17) is 18.9 Å². The second-order valence-electron chi connectivity index (χ2n) is 7.89. The number of hydrazone groups is 1. The molecule has 0 heterocycles. The van der Waals surface area contributed by atoms with Crippen molar-refractivity contribution in [2.24, 2.45) is 5.10 Å². The van der Waals surface area contributed by atoms with E-state index < -0.39 is 5.97 Å². The van der Waals surface area contributed by atoms with Gasteiger partial charge in [0.15, 0.2) is 23.0 Å². The lowest BCUT2D eigenvalue weighted by atomic mass is 10.2. The third kappa shape index (κ3) is 7.82. The Labute approximate surface area is 220 Å². The minimum atomic E-state index is -0.599. The molecule has 0 aromatic heterocycles. The molecule has 10 nitrogen and oxygen atoms in total. The molecule has 0 atom stereocenters. The van der Waals surface area contributed by atoms with E-state index in [0.717, 1.165) is 0 Å². The van der Waals surface area contributed by atoms with Crippen LogP contribution in [0.1, 0.15) is 39.1 Å². The van der Waals surface area contributed by atoms with Crippen molar-refractivity contribution in [3.8, 4) is 23.0 Å². The lowest BCUT2D eigenvalue weighted by molar-refractivity contribution is -0.121. The topological polar surface area (TPSA) is 125 Å². The summed E-state index contributed by atoms with van der Waals surface area (Å²) in [6.07, 6.45) is 2.10. The van der Waals surface area contributed by atoms with E-state index in [2.05, 4.69) is 15.8 Å². The standard InChI is InChI=1S/C28H29N3O7/c1-35-22-14-12-21(17-25(22)37-3)28(34)38-23-13-11-19(16-24(23)36-2)18-30-31-26(32)10-7-15-29-27(33)20-8-5-4-6-9-20/h4-6,8-9,11-14,16-18H,7,10,15H2,1-3H3,(H,29,33)(H,31,32). The van der Waals surface area contributed by atoms with Crippen LogP contribution in [-0.4, -0.2) is 51.9 Å². The molecule has 0 saturated carbocycles. The van der Waals surface area contributed by atoms with Crippen molar-refractivity contribution in [2.75, 3.05) is 27.9 Å². The summed E-state index contributed by atoms with van der Waals surface area (Å²) in [4.78, 5) is 36.7. The fraction of sp³-hybridized carbons (Fsp3) is 0.214. The predicted molar refractivity (Wildman–Crippen MR) is 141 cm³/mol. The van der Waals surface area contributed by atoms with Gasteiger partial charge in [-0.25, -0.2) is 10.2 Å². The number of hydrogen-bond acceptors (Lipinski definition) is 8. The molecule has 2 N–H and O–H groups in total. The van der Waals surface area contributed by atoms with Crippen molar-refractivity contribution in [2.45, 2.75) is 12.8 Å². The third-order valence-corrected chi connectivity index (χ3v) is 5.31. The first kappa shape index (κ1) is 27.7. The van der Waals surface area contributed by atoms with E-state index in [-0.39, 0.29) is 29.5 Å². The van der Waals surface area contributed by atoms with Gasteiger partial charge in [0.1, 0.15) is 0 Å². The Morgan fingerprint density at radius 1 is 0.789 bits per heavy atom. The van der Waals surface area contributed by atoms with Crippen LogP contribution in [0.3, 0.4) is 0 Å². The number of nitrogens with zero attached hydrogens (tertiary/aromatic N) is 1. The summed E-state index contributed by atoms with van der Waals surface area (Å²) in [5, 5.41) is 6.72. The molecular formula is C28H29N3O7. The van der Waals surface area contributed by atoms with Gasteiger partial charge in [0, 0.05) is 18.5 Å². The Morgan fingerprint density at radius 3 is 2.18 bits per heavy atom. The average molecular weight is 520 g/mol. The van der Waals surface area contributed by atoms with Crippen LogP contribution in [0.15, 0.2) is 71.8 Å². The molecule has 3 aromatic rings. The Bertz CT molecular complexity index is 1290. The number of rotatable bonds is 12. The SMILES string of the molecule is COc1ccc(C(=O)Oc2ccc(C=NNC(=O)CCCNC(=O)c3ccccc3)cc2OC)cc1OC. The highest BCUT2D eigenvalue weighted by molar-refractivity contribution is 5.94. The second kappa shape index (κ2) is 14.0. The van der Waals surface area contributed by atoms with Crippen LogP contribution in [-0.2, 0) is 4.79 Å². The highest BCUT2D eigenvalue weighted by Gasteiger charge is 2.15. The zero-order valence-electron chi connectivity index (χ0n) is 21.4. The van der Waals surface area contributed by atoms with Crippen LogP contribution >= 0.6 is 0 Å². The number of carbonyl (C=O) groups is 3. The van der Waals surface area contributed by atoms with Crippen molar-refractivity contribution in [1.29, 1.82) is 0 Å². The summed E-state index contributed by atoms with van der Waals surface area (Å²) in [7, 11) is 4.43. The molecule has 198 valence electrons. The maximum atomic E-state index is 12.6. The number of benzene rings is 3. The van der Waals surface area contributed by atoms with Crippen LogP contribution in [0.2, 0.25) is 0 Å². The minimum Gasteiger partial charge on any atom is -0.493 e. The first-order valence-electron chi connectivity index (χ1n) is 11.7. The Balaban J connectivity index is 1.49. The number of esters is 1. The number of hydrogen-bond donors (Lipinski definition) is 2. The van der Waals surface area contributed by atoms with Gasteiger partial charge in [0.25, 0.3) is 5.91 Å². The minimum absolute atomic E-state index is 0.184. The molecule has 0 fully saturated rings. The molecule has 0 radical (unpaired) electrons. The smallest absolute Gasteiger partial charge is 0.343 e. The van der Waals surface area contributed by atoms with Gasteiger partial charge >= 0.3 is 5.97 Å². The van der Waals surface area contributed by atoms with E-state index in [1.807, 2.05) is 6.07 Å². The van der Waals surface area contributed by atoms with Gasteiger partial charge in [-0.3, -0.25) is 9.59 Å². The molecule has 3 rings (SSSR count). The van der Waals surface area contributed by atoms with E-state index in [1.165, 1.54) is 33.6 Å². The number of ether oxygens (including phenoxy) is 4. The largest absolute Gasteiger partial charge is 0.493 e. The molecule has 0 saturated heterocycles. The number of amides is 2. The Hall–Kier alpha value is -4.86. The molecule has 3 aromatic carbocycles. The molecule has 0 aliphatic heterocycles. The van der Waals surface area contributed by atoms with Crippen molar-refractivity contribution >= 4 is 24.0 Å². The Kier molecular flexibility index (Phi) is 10.2. The maximum absolute atomic E-state index is 12.6. The van der Waals surface area contributed by atoms with Crippen LogP contribution in [0.25, 0.3) is 0 Å². The predicted octanol–water partition coefficient (Wildman–Crippen LogP) is 3.59. The normalized spacial score (nSPS) is 10.5. The molecule has 0 unspecified atom stereocenters. The first-order valence-corrected chi connectivity index (χ1v) is 11.7. The second-order valence-corrected chi connectivity index (χ2v) is 7.89. The van der Waals surface area contributed by atoms with E-state index in [9.17, 15) is 14.4 Å². The molecule has 0 aliphatic rings. The molecule has 0 aliphatic carbocycles. The number of carbonyl (C=O) groups excluding carboxylic acids is 3. The van der Waals surface area contributed by atoms with Gasteiger partial charge < -0.3 is 24.3 Å². The van der Waals surface area contributed by atoms with E-state index in [1.54, 1.807) is 54.6 Å². The van der Waals surface area contributed by atoms with Crippen molar-refractivity contribution in [1.82, 2.24) is 10.7 Å². The summed E-state index contributed by atoms with van der Waals surface area (Å²) in [6.45, 7) is 0.367. The summed E-state index contributed by atoms with van der Waals surface area (Å²) >= 11 is 0. The van der Waals surface area contributed by atoms with Crippen LogP contribution in [0.4, 0.5) is 0 Å². The summed E-state index contributed by atoms with van der Waals surface area (Å²) < 4.78 is 21.2. The van der Waals surface area contributed by atoms with Gasteiger partial charge in [0.05, 0.1) is 33.1 Å². The lowest BCUT2D eigenvalue weighted by Crippen LogP contribution is -2.26. The van der Waals surface area contributed by atoms with E-state index in [0.29, 0.717) is 41.3 Å². The monoisotopic (exact) mass is 519 g/mol. The molecular weight excluding hydrogens is 490 g/mol. The van der Waals surface area contributed by atoms with Gasteiger partial charge in [-0.1, -0.05) is 18.2 Å². The fourth-order valence-corrected chi connectivity index (χ4v) is 3.35. The molecule has 10 heteroatoms. The lowest BCUT2D eigenvalue weighted by Gasteiger charge is -2.11. The zero-order valence-corrected chi connectivity index (χ0v) is 21.4. The average Bonchev–Trinajstić information content (AvgIpc) is 2.95. The van der Waals surface area contributed by atoms with Crippen molar-refractivity contribution in [3.63, 3.8) is 0 Å². The van der Waals surface area contributed by atoms with Gasteiger partial charge in [-0.15, -0.1) is 0 Å². The Morgan fingerprint density at radius 2 is 1.47 bits per heavy atom. The molecule has 0 bridgehead atoms. The fourth-order valence-electron chi connectivity index (χ4n) is 3.35. The maximum Gasteiger partial charge on any atom is 0.343 e.